The summed E-state index contributed by atoms with van der Waals surface area (Å²) in [4.78, 5) is 16.0. The molecule has 0 aliphatic rings. The van der Waals surface area contributed by atoms with E-state index in [4.69, 9.17) is 20.8 Å². The van der Waals surface area contributed by atoms with E-state index in [1.807, 2.05) is 26.1 Å². The van der Waals surface area contributed by atoms with Crippen LogP contribution in [0.1, 0.15) is 61.6 Å². The number of carbonyl (C=O) groups is 1. The van der Waals surface area contributed by atoms with E-state index in [-0.39, 0.29) is 11.6 Å². The smallest absolute Gasteiger partial charge is 0.354 e. The van der Waals surface area contributed by atoms with Crippen molar-refractivity contribution in [3.63, 3.8) is 0 Å². The van der Waals surface area contributed by atoms with Gasteiger partial charge in [-0.3, -0.25) is 4.68 Å². The Labute approximate surface area is 213 Å². The van der Waals surface area contributed by atoms with E-state index in [2.05, 4.69) is 43.9 Å². The first kappa shape index (κ1) is 27.5. The molecule has 2 heterocycles. The van der Waals surface area contributed by atoms with Crippen LogP contribution in [0.15, 0.2) is 12.1 Å². The highest BCUT2D eigenvalue weighted by molar-refractivity contribution is 6.74. The van der Waals surface area contributed by atoms with Crippen molar-refractivity contribution in [1.29, 1.82) is 0 Å². The van der Waals surface area contributed by atoms with E-state index in [1.165, 1.54) is 7.11 Å². The highest BCUT2D eigenvalue weighted by atomic mass is 35.5. The summed E-state index contributed by atoms with van der Waals surface area (Å²) in [5.74, 6) is -0.423. The molecule has 3 rings (SSSR count). The van der Waals surface area contributed by atoms with Gasteiger partial charge in [-0.2, -0.15) is 5.10 Å². The van der Waals surface area contributed by atoms with E-state index in [0.29, 0.717) is 35.9 Å². The SMILES string of the molecule is CCc1c(-c2c(Cl)ccc3c(CCCO[Si](C)(C)C(C)(C)C)c(C(=O)OC)[nH]c23)c(CO)nn1C. The topological polar surface area (TPSA) is 89.4 Å². The number of fused-ring (bicyclic) bond motifs is 1. The van der Waals surface area contributed by atoms with Gasteiger partial charge in [0.05, 0.1) is 29.9 Å². The average molecular weight is 520 g/mol. The molecule has 3 aromatic rings. The molecule has 1 aromatic carbocycles. The molecule has 2 aromatic heterocycles. The second-order valence-corrected chi connectivity index (χ2v) is 15.6. The van der Waals surface area contributed by atoms with E-state index in [0.717, 1.165) is 39.7 Å². The Morgan fingerprint density at radius 2 is 1.94 bits per heavy atom. The summed E-state index contributed by atoms with van der Waals surface area (Å²) in [7, 11) is 1.39. The maximum absolute atomic E-state index is 12.7. The molecule has 0 amide bonds. The summed E-state index contributed by atoms with van der Waals surface area (Å²) in [5, 5.41) is 16.1. The first-order chi connectivity index (χ1) is 16.4. The lowest BCUT2D eigenvalue weighted by molar-refractivity contribution is 0.0593. The highest BCUT2D eigenvalue weighted by Gasteiger charge is 2.37. The number of halogens is 1. The van der Waals surface area contributed by atoms with Gasteiger partial charge in [-0.1, -0.05) is 45.4 Å². The third kappa shape index (κ3) is 5.21. The molecule has 9 heteroatoms. The van der Waals surface area contributed by atoms with Gasteiger partial charge in [-0.25, -0.2) is 4.79 Å². The van der Waals surface area contributed by atoms with Crippen LogP contribution in [0.5, 0.6) is 0 Å². The number of H-pyrrole nitrogens is 1. The van der Waals surface area contributed by atoms with Crippen molar-refractivity contribution in [2.75, 3.05) is 13.7 Å². The number of esters is 1. The molecule has 0 radical (unpaired) electrons. The number of benzene rings is 1. The molecule has 192 valence electrons. The van der Waals surface area contributed by atoms with Gasteiger partial charge in [0.15, 0.2) is 8.32 Å². The minimum absolute atomic E-state index is 0.141. The Bertz CT molecular complexity index is 1220. The van der Waals surface area contributed by atoms with Gasteiger partial charge >= 0.3 is 5.97 Å². The number of carbonyl (C=O) groups excluding carboxylic acids is 1. The van der Waals surface area contributed by atoms with Crippen molar-refractivity contribution in [2.24, 2.45) is 7.05 Å². The predicted octanol–water partition coefficient (Wildman–Crippen LogP) is 6.02. The van der Waals surface area contributed by atoms with Crippen molar-refractivity contribution in [1.82, 2.24) is 14.8 Å². The summed E-state index contributed by atoms with van der Waals surface area (Å²) < 4.78 is 13.2. The van der Waals surface area contributed by atoms with Gasteiger partial charge in [0, 0.05) is 35.9 Å². The van der Waals surface area contributed by atoms with Crippen LogP contribution in [0, 0.1) is 0 Å². The van der Waals surface area contributed by atoms with Crippen LogP contribution < -0.4 is 0 Å². The Morgan fingerprint density at radius 3 is 2.51 bits per heavy atom. The average Bonchev–Trinajstić information content (AvgIpc) is 3.32. The van der Waals surface area contributed by atoms with Crippen molar-refractivity contribution >= 4 is 36.8 Å². The lowest BCUT2D eigenvalue weighted by atomic mass is 9.97. The van der Waals surface area contributed by atoms with Crippen LogP contribution in [-0.2, 0) is 35.7 Å². The van der Waals surface area contributed by atoms with E-state index in [9.17, 15) is 9.90 Å². The van der Waals surface area contributed by atoms with Gasteiger partial charge in [-0.05, 0) is 49.0 Å². The van der Waals surface area contributed by atoms with Crippen LogP contribution in [0.3, 0.4) is 0 Å². The van der Waals surface area contributed by atoms with Crippen LogP contribution in [0.2, 0.25) is 23.2 Å². The summed E-state index contributed by atoms with van der Waals surface area (Å²) in [6, 6.07) is 3.78. The largest absolute Gasteiger partial charge is 0.464 e. The number of nitrogens with one attached hydrogen (secondary N) is 1. The van der Waals surface area contributed by atoms with Gasteiger partial charge in [0.1, 0.15) is 5.69 Å². The summed E-state index contributed by atoms with van der Waals surface area (Å²) in [6.07, 6.45) is 2.14. The molecule has 2 N–H and O–H groups in total. The lowest BCUT2D eigenvalue weighted by Gasteiger charge is -2.36. The molecule has 7 nitrogen and oxygen atoms in total. The zero-order valence-corrected chi connectivity index (χ0v) is 23.9. The number of rotatable bonds is 9. The number of ether oxygens (including phenoxy) is 1. The minimum atomic E-state index is -1.85. The number of aliphatic hydroxyl groups excluding tert-OH is 1. The lowest BCUT2D eigenvalue weighted by Crippen LogP contribution is -2.41. The first-order valence-electron chi connectivity index (χ1n) is 12.1. The number of hydrogen-bond acceptors (Lipinski definition) is 5. The van der Waals surface area contributed by atoms with Gasteiger partial charge in [0.2, 0.25) is 0 Å². The van der Waals surface area contributed by atoms with Crippen molar-refractivity contribution < 1.29 is 19.1 Å². The van der Waals surface area contributed by atoms with E-state index in [1.54, 1.807) is 4.68 Å². The molecule has 0 bridgehead atoms. The number of methoxy groups -OCH3 is 1. The van der Waals surface area contributed by atoms with Gasteiger partial charge in [-0.15, -0.1) is 0 Å². The fourth-order valence-electron chi connectivity index (χ4n) is 4.29. The Balaban J connectivity index is 2.09. The fourth-order valence-corrected chi connectivity index (χ4v) is 5.63. The quantitative estimate of drug-likeness (QED) is 0.205. The highest BCUT2D eigenvalue weighted by Crippen LogP contribution is 2.41. The molecule has 0 atom stereocenters. The van der Waals surface area contributed by atoms with Crippen LogP contribution in [0.4, 0.5) is 0 Å². The third-order valence-electron chi connectivity index (χ3n) is 7.23. The number of aryl methyl sites for hydroxylation is 2. The molecule has 35 heavy (non-hydrogen) atoms. The molecular formula is C26H38ClN3O4Si. The van der Waals surface area contributed by atoms with Crippen molar-refractivity contribution in [3.05, 3.63) is 39.8 Å². The monoisotopic (exact) mass is 519 g/mol. The maximum Gasteiger partial charge on any atom is 0.354 e. The zero-order valence-electron chi connectivity index (χ0n) is 22.1. The number of hydrogen-bond donors (Lipinski definition) is 2. The maximum atomic E-state index is 12.7. The normalized spacial score (nSPS) is 12.5. The third-order valence-corrected chi connectivity index (χ3v) is 12.1. The van der Waals surface area contributed by atoms with Crippen molar-refractivity contribution in [2.45, 2.75) is 71.7 Å². The molecule has 0 unspecified atom stereocenters. The van der Waals surface area contributed by atoms with Crippen LogP contribution >= 0.6 is 11.6 Å². The molecule has 0 saturated carbocycles. The van der Waals surface area contributed by atoms with Crippen molar-refractivity contribution in [3.8, 4) is 11.1 Å². The van der Waals surface area contributed by atoms with Crippen LogP contribution in [0.25, 0.3) is 22.0 Å². The second kappa shape index (κ2) is 10.5. The first-order valence-corrected chi connectivity index (χ1v) is 15.4. The number of aromatic nitrogens is 3. The minimum Gasteiger partial charge on any atom is -0.464 e. The molecule has 0 aliphatic carbocycles. The summed E-state index contributed by atoms with van der Waals surface area (Å²) in [5.41, 5.74) is 5.11. The Kier molecular flexibility index (Phi) is 8.21. The molecule has 0 aliphatic heterocycles. The van der Waals surface area contributed by atoms with E-state index < -0.39 is 14.3 Å². The number of nitrogens with zero attached hydrogens (tertiary/aromatic N) is 2. The molecular weight excluding hydrogens is 482 g/mol. The fraction of sp³-hybridized carbons (Fsp3) is 0.538. The Morgan fingerprint density at radius 1 is 1.26 bits per heavy atom. The number of aromatic amines is 1. The van der Waals surface area contributed by atoms with Gasteiger partial charge in [0.25, 0.3) is 0 Å². The molecule has 0 fully saturated rings. The van der Waals surface area contributed by atoms with Crippen LogP contribution in [-0.4, -0.2) is 47.9 Å². The summed E-state index contributed by atoms with van der Waals surface area (Å²) in [6.45, 7) is 13.6. The number of aliphatic hydroxyl groups is 1. The standard InChI is InChI=1S/C26H38ClN3O4Si/c1-9-20-22(19(15-31)29-30(20)5)21-18(27)13-12-17-16(24(25(32)33-6)28-23(17)21)11-10-14-34-35(7,8)26(2,3)4/h12-13,28,31H,9-11,14-15H2,1-8H3. The van der Waals surface area contributed by atoms with Gasteiger partial charge < -0.3 is 19.3 Å². The molecule has 0 saturated heterocycles. The van der Waals surface area contributed by atoms with E-state index >= 15 is 0 Å². The molecule has 0 spiro atoms. The zero-order chi connectivity index (χ0) is 26.1. The summed E-state index contributed by atoms with van der Waals surface area (Å²) >= 11 is 6.73. The Hall–Kier alpha value is -2.13. The second-order valence-electron chi connectivity index (χ2n) is 10.4. The predicted molar refractivity (Wildman–Crippen MR) is 144 cm³/mol.